The van der Waals surface area contributed by atoms with E-state index < -0.39 is 0 Å². The van der Waals surface area contributed by atoms with Gasteiger partial charge in [0, 0.05) is 5.56 Å². The fourth-order valence-electron chi connectivity index (χ4n) is 1.97. The number of rotatable bonds is 6. The minimum Gasteiger partial charge on any atom is -0.496 e. The largest absolute Gasteiger partial charge is 0.496 e. The molecule has 2 aromatic rings. The summed E-state index contributed by atoms with van der Waals surface area (Å²) in [4.78, 5) is 12.0. The van der Waals surface area contributed by atoms with Gasteiger partial charge in [0.05, 0.1) is 13.7 Å². The zero-order valence-electron chi connectivity index (χ0n) is 12.3. The molecule has 0 atom stereocenters. The van der Waals surface area contributed by atoms with E-state index in [1.807, 2.05) is 43.3 Å². The Morgan fingerprint density at radius 1 is 1.14 bits per heavy atom. The average Bonchev–Trinajstić information content (AvgIpc) is 2.52. The van der Waals surface area contributed by atoms with E-state index >= 15 is 0 Å². The van der Waals surface area contributed by atoms with Gasteiger partial charge in [-0.2, -0.15) is 0 Å². The number of aryl methyl sites for hydroxylation is 1. The zero-order chi connectivity index (χ0) is 15.1. The molecule has 0 heterocycles. The van der Waals surface area contributed by atoms with Crippen LogP contribution < -0.4 is 14.8 Å². The summed E-state index contributed by atoms with van der Waals surface area (Å²) in [5.74, 6) is 1.46. The van der Waals surface area contributed by atoms with Crippen molar-refractivity contribution in [2.24, 2.45) is 0 Å². The Kier molecular flexibility index (Phi) is 5.21. The molecule has 110 valence electrons. The third-order valence-electron chi connectivity index (χ3n) is 3.06. The van der Waals surface area contributed by atoms with Gasteiger partial charge in [-0.3, -0.25) is 4.79 Å². The lowest BCUT2D eigenvalue weighted by Crippen LogP contribution is -2.28. The quantitative estimate of drug-likeness (QED) is 0.830. The highest BCUT2D eigenvalue weighted by atomic mass is 16.5. The maximum absolute atomic E-state index is 12.0. The predicted molar refractivity (Wildman–Crippen MR) is 82.0 cm³/mol. The summed E-state index contributed by atoms with van der Waals surface area (Å²) in [6, 6.07) is 14.9. The maximum Gasteiger partial charge on any atom is 0.251 e. The first-order chi connectivity index (χ1) is 10.2. The summed E-state index contributed by atoms with van der Waals surface area (Å²) in [6.07, 6.45) is 0. The van der Waals surface area contributed by atoms with Crippen molar-refractivity contribution in [1.82, 2.24) is 5.32 Å². The lowest BCUT2D eigenvalue weighted by atomic mass is 10.1. The molecule has 4 heteroatoms. The zero-order valence-corrected chi connectivity index (χ0v) is 12.3. The van der Waals surface area contributed by atoms with Gasteiger partial charge in [-0.15, -0.1) is 0 Å². The Balaban J connectivity index is 1.80. The second-order valence-electron chi connectivity index (χ2n) is 4.60. The van der Waals surface area contributed by atoms with Gasteiger partial charge in [0.2, 0.25) is 0 Å². The van der Waals surface area contributed by atoms with Crippen molar-refractivity contribution in [1.29, 1.82) is 0 Å². The molecular formula is C17H19NO3. The number of ether oxygens (including phenoxy) is 2. The van der Waals surface area contributed by atoms with Gasteiger partial charge in [-0.05, 0) is 42.8 Å². The molecule has 0 bridgehead atoms. The minimum absolute atomic E-state index is 0.114. The third-order valence-corrected chi connectivity index (χ3v) is 3.06. The SMILES string of the molecule is COc1ccc(C(=O)NCCOc2ccccc2)cc1C. The molecule has 0 radical (unpaired) electrons. The van der Waals surface area contributed by atoms with E-state index in [9.17, 15) is 4.79 Å². The van der Waals surface area contributed by atoms with E-state index in [1.54, 1.807) is 19.2 Å². The molecule has 2 aromatic carbocycles. The second kappa shape index (κ2) is 7.33. The molecule has 1 N–H and O–H groups in total. The third kappa shape index (κ3) is 4.24. The van der Waals surface area contributed by atoms with Crippen LogP contribution in [0.3, 0.4) is 0 Å². The van der Waals surface area contributed by atoms with Crippen molar-refractivity contribution in [3.63, 3.8) is 0 Å². The van der Waals surface area contributed by atoms with Crippen LogP contribution in [0, 0.1) is 6.92 Å². The molecule has 0 saturated carbocycles. The van der Waals surface area contributed by atoms with E-state index in [2.05, 4.69) is 5.32 Å². The van der Waals surface area contributed by atoms with Gasteiger partial charge >= 0.3 is 0 Å². The highest BCUT2D eigenvalue weighted by Crippen LogP contribution is 2.18. The predicted octanol–water partition coefficient (Wildman–Crippen LogP) is 2.81. The topological polar surface area (TPSA) is 47.6 Å². The summed E-state index contributed by atoms with van der Waals surface area (Å²) in [5.41, 5.74) is 1.55. The Labute approximate surface area is 124 Å². The lowest BCUT2D eigenvalue weighted by Gasteiger charge is -2.09. The van der Waals surface area contributed by atoms with Crippen LogP contribution in [0.4, 0.5) is 0 Å². The maximum atomic E-state index is 12.0. The van der Waals surface area contributed by atoms with E-state index in [0.717, 1.165) is 17.1 Å². The number of para-hydroxylation sites is 1. The molecule has 0 saturated heterocycles. The number of hydrogen-bond acceptors (Lipinski definition) is 3. The minimum atomic E-state index is -0.114. The number of hydrogen-bond donors (Lipinski definition) is 1. The average molecular weight is 285 g/mol. The lowest BCUT2D eigenvalue weighted by molar-refractivity contribution is 0.0947. The number of carbonyl (C=O) groups is 1. The number of benzene rings is 2. The monoisotopic (exact) mass is 285 g/mol. The van der Waals surface area contributed by atoms with Crippen molar-refractivity contribution in [3.05, 3.63) is 59.7 Å². The summed E-state index contributed by atoms with van der Waals surface area (Å²) in [6.45, 7) is 2.80. The summed E-state index contributed by atoms with van der Waals surface area (Å²) >= 11 is 0. The van der Waals surface area contributed by atoms with E-state index in [0.29, 0.717) is 18.7 Å². The van der Waals surface area contributed by atoms with Crippen LogP contribution in [-0.4, -0.2) is 26.2 Å². The molecule has 0 fully saturated rings. The first-order valence-electron chi connectivity index (χ1n) is 6.81. The van der Waals surface area contributed by atoms with Crippen molar-refractivity contribution >= 4 is 5.91 Å². The molecule has 4 nitrogen and oxygen atoms in total. The van der Waals surface area contributed by atoms with E-state index in [-0.39, 0.29) is 5.91 Å². The van der Waals surface area contributed by atoms with Gasteiger partial charge in [0.1, 0.15) is 18.1 Å². The molecule has 0 aromatic heterocycles. The van der Waals surface area contributed by atoms with E-state index in [1.165, 1.54) is 0 Å². The van der Waals surface area contributed by atoms with Crippen LogP contribution in [0.5, 0.6) is 11.5 Å². The van der Waals surface area contributed by atoms with Crippen molar-refractivity contribution < 1.29 is 14.3 Å². The first-order valence-corrected chi connectivity index (χ1v) is 6.81. The van der Waals surface area contributed by atoms with Crippen molar-refractivity contribution in [2.45, 2.75) is 6.92 Å². The van der Waals surface area contributed by atoms with Crippen LogP contribution in [0.1, 0.15) is 15.9 Å². The van der Waals surface area contributed by atoms with Crippen LogP contribution in [-0.2, 0) is 0 Å². The molecule has 21 heavy (non-hydrogen) atoms. The van der Waals surface area contributed by atoms with Gasteiger partial charge in [-0.1, -0.05) is 18.2 Å². The van der Waals surface area contributed by atoms with Gasteiger partial charge < -0.3 is 14.8 Å². The van der Waals surface area contributed by atoms with Gasteiger partial charge in [0.25, 0.3) is 5.91 Å². The fourth-order valence-corrected chi connectivity index (χ4v) is 1.97. The first kappa shape index (κ1) is 14.9. The summed E-state index contributed by atoms with van der Waals surface area (Å²) < 4.78 is 10.7. The van der Waals surface area contributed by atoms with Crippen molar-refractivity contribution in [2.75, 3.05) is 20.3 Å². The smallest absolute Gasteiger partial charge is 0.251 e. The Bertz CT molecular complexity index is 596. The van der Waals surface area contributed by atoms with Gasteiger partial charge in [-0.25, -0.2) is 0 Å². The molecule has 2 rings (SSSR count). The number of carbonyl (C=O) groups excluding carboxylic acids is 1. The number of amides is 1. The second-order valence-corrected chi connectivity index (χ2v) is 4.60. The standard InChI is InChI=1S/C17H19NO3/c1-13-12-14(8-9-16(13)20-2)17(19)18-10-11-21-15-6-4-3-5-7-15/h3-9,12H,10-11H2,1-2H3,(H,18,19). The number of nitrogens with one attached hydrogen (secondary N) is 1. The molecule has 0 spiro atoms. The molecule has 0 aliphatic rings. The Morgan fingerprint density at radius 2 is 1.90 bits per heavy atom. The van der Waals surface area contributed by atoms with Crippen LogP contribution >= 0.6 is 0 Å². The highest BCUT2D eigenvalue weighted by Gasteiger charge is 2.07. The van der Waals surface area contributed by atoms with Crippen LogP contribution in [0.2, 0.25) is 0 Å². The molecule has 1 amide bonds. The fraction of sp³-hybridized carbons (Fsp3) is 0.235. The number of methoxy groups -OCH3 is 1. The summed E-state index contributed by atoms with van der Waals surface area (Å²) in [5, 5.41) is 2.83. The van der Waals surface area contributed by atoms with Crippen LogP contribution in [0.25, 0.3) is 0 Å². The van der Waals surface area contributed by atoms with Gasteiger partial charge in [0.15, 0.2) is 0 Å². The van der Waals surface area contributed by atoms with Crippen molar-refractivity contribution in [3.8, 4) is 11.5 Å². The molecular weight excluding hydrogens is 266 g/mol. The normalized spacial score (nSPS) is 10.0. The Hall–Kier alpha value is -2.49. The summed E-state index contributed by atoms with van der Waals surface area (Å²) in [7, 11) is 1.61. The molecule has 0 aliphatic heterocycles. The molecule has 0 aliphatic carbocycles. The highest BCUT2D eigenvalue weighted by molar-refractivity contribution is 5.94. The Morgan fingerprint density at radius 3 is 2.57 bits per heavy atom. The van der Waals surface area contributed by atoms with E-state index in [4.69, 9.17) is 9.47 Å². The molecule has 0 unspecified atom stereocenters. The van der Waals surface area contributed by atoms with Crippen LogP contribution in [0.15, 0.2) is 48.5 Å².